The van der Waals surface area contributed by atoms with Gasteiger partial charge in [-0.2, -0.15) is 5.10 Å². The lowest BCUT2D eigenvalue weighted by molar-refractivity contribution is 0.0732. The fourth-order valence-corrected chi connectivity index (χ4v) is 9.76. The van der Waals surface area contributed by atoms with Crippen molar-refractivity contribution in [2.24, 2.45) is 7.05 Å². The fraction of sp³-hybridized carbons (Fsp3) is 0.333. The Kier molecular flexibility index (Phi) is 12.3. The number of sulfonamides is 1. The Morgan fingerprint density at radius 1 is 0.839 bits per heavy atom. The molecule has 0 fully saturated rings. The zero-order chi connectivity index (χ0) is 43.7. The Hall–Kier alpha value is -5.92. The zero-order valence-corrected chi connectivity index (χ0v) is 37.2. The van der Waals surface area contributed by atoms with Crippen LogP contribution in [0.4, 0.5) is 5.69 Å². The van der Waals surface area contributed by atoms with E-state index in [1.807, 2.05) is 31.4 Å². The molecule has 4 heterocycles. The number of unbranched alkanes of at least 4 members (excludes halogenated alkanes) is 2. The number of nitrogens with zero attached hydrogens (tertiary/aromatic N) is 6. The molecule has 0 bridgehead atoms. The molecule has 0 saturated heterocycles. The van der Waals surface area contributed by atoms with Crippen LogP contribution in [0.2, 0.25) is 5.02 Å². The van der Waals surface area contributed by atoms with Crippen molar-refractivity contribution in [3.05, 3.63) is 141 Å². The molecule has 1 N–H and O–H groups in total. The largest absolute Gasteiger partial charge is 0.367 e. The summed E-state index contributed by atoms with van der Waals surface area (Å²) >= 11 is 6.86. The molecule has 2 aliphatic heterocycles. The van der Waals surface area contributed by atoms with Gasteiger partial charge in [0.1, 0.15) is 0 Å². The van der Waals surface area contributed by atoms with E-state index in [1.165, 1.54) is 28.3 Å². The standard InChI is InChI=1S/C48H52ClN7O5S/c1-5-7-22-53(23-8-6-2)48(59)45-44(49)32(3)56(50-45)42-17-15-37(29-40(42)47(58)55-26-20-34-11-9-10-12-38(34)31-55)46(57)51-62(60,61)39-16-18-41-36(28-39)21-25-54(41)30-33-13-14-35-19-24-52(4)43(35)27-33/h9-19,24,27-29H,5-8,20-23,25-26,30-31H2,1-4H3,(H,51,57). The summed E-state index contributed by atoms with van der Waals surface area (Å²) in [7, 11) is -2.29. The number of rotatable bonds is 14. The molecule has 0 unspecified atom stereocenters. The van der Waals surface area contributed by atoms with Gasteiger partial charge in [-0.05, 0) is 109 Å². The van der Waals surface area contributed by atoms with Gasteiger partial charge in [0, 0.05) is 69.3 Å². The van der Waals surface area contributed by atoms with Crippen LogP contribution >= 0.6 is 11.6 Å². The molecule has 8 rings (SSSR count). The van der Waals surface area contributed by atoms with Gasteiger partial charge in [0.15, 0.2) is 5.69 Å². The van der Waals surface area contributed by atoms with E-state index in [-0.39, 0.29) is 38.6 Å². The van der Waals surface area contributed by atoms with E-state index in [1.54, 1.807) is 34.9 Å². The average Bonchev–Trinajstić information content (AvgIpc) is 3.96. The number of carbonyl (C=O) groups excluding carboxylic acids is 3. The summed E-state index contributed by atoms with van der Waals surface area (Å²) < 4.78 is 33.5. The summed E-state index contributed by atoms with van der Waals surface area (Å²) in [4.78, 5) is 48.1. The van der Waals surface area contributed by atoms with Crippen LogP contribution in [0, 0.1) is 6.92 Å². The third kappa shape index (κ3) is 8.48. The molecule has 0 saturated carbocycles. The highest BCUT2D eigenvalue weighted by molar-refractivity contribution is 7.90. The molecule has 6 aromatic rings. The van der Waals surface area contributed by atoms with Crippen molar-refractivity contribution in [1.82, 2.24) is 28.9 Å². The minimum atomic E-state index is -4.31. The SMILES string of the molecule is CCCCN(CCCC)C(=O)c1nn(-c2ccc(C(=O)NS(=O)(=O)c3ccc4c(c3)CCN4Cc3ccc4ccn(C)c4c3)cc2C(=O)N2CCc3ccccc3C2)c(C)c1Cl. The molecule has 322 valence electrons. The lowest BCUT2D eigenvalue weighted by Gasteiger charge is -2.29. The number of anilines is 1. The minimum absolute atomic E-state index is 0.0255. The predicted molar refractivity (Wildman–Crippen MR) is 243 cm³/mol. The van der Waals surface area contributed by atoms with Crippen molar-refractivity contribution >= 4 is 55.9 Å². The molecule has 2 aliphatic rings. The topological polar surface area (TPSA) is 130 Å². The van der Waals surface area contributed by atoms with Gasteiger partial charge >= 0.3 is 0 Å². The van der Waals surface area contributed by atoms with Crippen LogP contribution in [0.25, 0.3) is 16.6 Å². The Labute approximate surface area is 368 Å². The predicted octanol–water partition coefficient (Wildman–Crippen LogP) is 8.25. The highest BCUT2D eigenvalue weighted by atomic mass is 35.5. The van der Waals surface area contributed by atoms with Crippen LogP contribution < -0.4 is 9.62 Å². The average molecular weight is 875 g/mol. The zero-order valence-electron chi connectivity index (χ0n) is 35.7. The molecule has 0 aliphatic carbocycles. The molecular weight excluding hydrogens is 822 g/mol. The van der Waals surface area contributed by atoms with Crippen LogP contribution in [0.1, 0.15) is 98.7 Å². The smallest absolute Gasteiger partial charge is 0.275 e. The lowest BCUT2D eigenvalue weighted by atomic mass is 9.98. The Morgan fingerprint density at radius 3 is 2.32 bits per heavy atom. The van der Waals surface area contributed by atoms with E-state index >= 15 is 0 Å². The first-order chi connectivity index (χ1) is 29.9. The lowest BCUT2D eigenvalue weighted by Crippen LogP contribution is -2.37. The second-order valence-electron chi connectivity index (χ2n) is 16.4. The van der Waals surface area contributed by atoms with E-state index in [9.17, 15) is 22.8 Å². The van der Waals surface area contributed by atoms with Gasteiger partial charge in [0.25, 0.3) is 27.7 Å². The monoisotopic (exact) mass is 873 g/mol. The van der Waals surface area contributed by atoms with Crippen LogP contribution in [0.3, 0.4) is 0 Å². The van der Waals surface area contributed by atoms with Gasteiger partial charge in [0.2, 0.25) is 0 Å². The van der Waals surface area contributed by atoms with Crippen molar-refractivity contribution in [3.63, 3.8) is 0 Å². The van der Waals surface area contributed by atoms with E-state index < -0.39 is 15.9 Å². The molecule has 2 aromatic heterocycles. The summed E-state index contributed by atoms with van der Waals surface area (Å²) in [5.41, 5.74) is 7.25. The Morgan fingerprint density at radius 2 is 1.56 bits per heavy atom. The maximum Gasteiger partial charge on any atom is 0.275 e. The van der Waals surface area contributed by atoms with Crippen LogP contribution in [0.5, 0.6) is 0 Å². The summed E-state index contributed by atoms with van der Waals surface area (Å²) in [6, 6.07) is 25.8. The minimum Gasteiger partial charge on any atom is -0.367 e. The quantitative estimate of drug-likeness (QED) is 0.117. The molecule has 3 amide bonds. The van der Waals surface area contributed by atoms with Crippen molar-refractivity contribution < 1.29 is 22.8 Å². The van der Waals surface area contributed by atoms with E-state index in [2.05, 4.69) is 58.4 Å². The summed E-state index contributed by atoms with van der Waals surface area (Å²) in [6.45, 7) is 9.20. The number of hydrogen-bond donors (Lipinski definition) is 1. The number of aryl methyl sites for hydroxylation is 1. The third-order valence-corrected chi connectivity index (χ3v) is 13.9. The maximum absolute atomic E-state index is 14.6. The number of aromatic nitrogens is 3. The number of benzene rings is 4. The molecule has 0 radical (unpaired) electrons. The van der Waals surface area contributed by atoms with Gasteiger partial charge in [-0.25, -0.2) is 17.8 Å². The van der Waals surface area contributed by atoms with Gasteiger partial charge in [0.05, 0.1) is 26.9 Å². The molecule has 4 aromatic carbocycles. The normalized spacial score (nSPS) is 13.6. The first kappa shape index (κ1) is 42.8. The van der Waals surface area contributed by atoms with Gasteiger partial charge in [-0.1, -0.05) is 74.7 Å². The second-order valence-corrected chi connectivity index (χ2v) is 18.4. The van der Waals surface area contributed by atoms with Crippen LogP contribution in [-0.4, -0.2) is 76.5 Å². The first-order valence-corrected chi connectivity index (χ1v) is 23.3. The number of amides is 3. The third-order valence-electron chi connectivity index (χ3n) is 12.1. The number of carbonyl (C=O) groups is 3. The molecule has 14 heteroatoms. The highest BCUT2D eigenvalue weighted by Gasteiger charge is 2.31. The Balaban J connectivity index is 1.07. The molecule has 0 spiro atoms. The van der Waals surface area contributed by atoms with Gasteiger partial charge in [-0.3, -0.25) is 14.4 Å². The van der Waals surface area contributed by atoms with E-state index in [0.717, 1.165) is 65.7 Å². The number of hydrogen-bond acceptors (Lipinski definition) is 7. The number of fused-ring (bicyclic) bond motifs is 3. The highest BCUT2D eigenvalue weighted by Crippen LogP contribution is 2.33. The molecular formula is C48H52ClN7O5S. The van der Waals surface area contributed by atoms with E-state index in [0.29, 0.717) is 56.9 Å². The molecule has 0 atom stereocenters. The van der Waals surface area contributed by atoms with Crippen molar-refractivity contribution in [2.45, 2.75) is 77.3 Å². The summed E-state index contributed by atoms with van der Waals surface area (Å²) in [5, 5.41) is 6.06. The van der Waals surface area contributed by atoms with Crippen molar-refractivity contribution in [3.8, 4) is 5.69 Å². The number of nitrogens with one attached hydrogen (secondary N) is 1. The maximum atomic E-state index is 14.6. The van der Waals surface area contributed by atoms with E-state index in [4.69, 9.17) is 16.7 Å². The molecule has 62 heavy (non-hydrogen) atoms. The molecule has 12 nitrogen and oxygen atoms in total. The van der Waals surface area contributed by atoms with Crippen molar-refractivity contribution in [1.29, 1.82) is 0 Å². The van der Waals surface area contributed by atoms with Crippen LogP contribution in [0.15, 0.2) is 96.0 Å². The van der Waals surface area contributed by atoms with Crippen molar-refractivity contribution in [2.75, 3.05) is 31.1 Å². The second kappa shape index (κ2) is 17.8. The first-order valence-electron chi connectivity index (χ1n) is 21.4. The summed E-state index contributed by atoms with van der Waals surface area (Å²) in [5.74, 6) is -1.55. The van der Waals surface area contributed by atoms with Gasteiger partial charge < -0.3 is 19.3 Å². The summed E-state index contributed by atoms with van der Waals surface area (Å²) in [6.07, 6.45) is 6.86. The number of halogens is 1. The Bertz CT molecular complexity index is 2810. The van der Waals surface area contributed by atoms with Crippen LogP contribution in [-0.2, 0) is 43.0 Å². The fourth-order valence-electron chi connectivity index (χ4n) is 8.53. The van der Waals surface area contributed by atoms with Gasteiger partial charge in [-0.15, -0.1) is 0 Å².